The number of hydrogen-bond acceptors (Lipinski definition) is 1. The van der Waals surface area contributed by atoms with Crippen molar-refractivity contribution in [3.63, 3.8) is 0 Å². The van der Waals surface area contributed by atoms with Crippen molar-refractivity contribution in [3.05, 3.63) is 87.3 Å². The Morgan fingerprint density at radius 2 is 0.487 bits per heavy atom. The first-order valence-corrected chi connectivity index (χ1v) is 11.9. The third-order valence-corrected chi connectivity index (χ3v) is 8.26. The van der Waals surface area contributed by atoms with Gasteiger partial charge in [0.2, 0.25) is 0 Å². The molecule has 39 heavy (non-hydrogen) atoms. The summed E-state index contributed by atoms with van der Waals surface area (Å²) in [6.45, 7) is 5.67. The van der Waals surface area contributed by atoms with Gasteiger partial charge in [-0.05, 0) is 27.1 Å². The average Bonchev–Trinajstić information content (AvgIpc) is 2.91. The molecule has 0 heterocycles. The van der Waals surface area contributed by atoms with Crippen LogP contribution in [0.25, 0.3) is 0 Å². The van der Waals surface area contributed by atoms with Crippen molar-refractivity contribution < 1.29 is 70.6 Å². The first-order valence-electron chi connectivity index (χ1n) is 10.2. The van der Waals surface area contributed by atoms with Gasteiger partial charge in [-0.3, -0.25) is 0 Å². The summed E-state index contributed by atoms with van der Waals surface area (Å²) in [5.41, 5.74) is 0. The SMILES string of the molecule is CCOCC.Fc1c(F)c(F)[c]([Al]([c]2c(F)c(F)c(F)c(F)c2F)[c]2c(F)c(F)c(F)c(F)c2F)c(F)c1F. The Kier molecular flexibility index (Phi) is 10.4. The molecule has 0 atom stereocenters. The Balaban J connectivity index is 0.000000976. The molecule has 0 aliphatic heterocycles. The number of hydrogen-bond donors (Lipinski definition) is 0. The van der Waals surface area contributed by atoms with Gasteiger partial charge in [0.25, 0.3) is 0 Å². The van der Waals surface area contributed by atoms with Crippen LogP contribution in [0.3, 0.4) is 0 Å². The van der Waals surface area contributed by atoms with Crippen LogP contribution in [-0.2, 0) is 4.74 Å². The van der Waals surface area contributed by atoms with Gasteiger partial charge in [-0.25, -0.2) is 65.9 Å². The van der Waals surface area contributed by atoms with Gasteiger partial charge in [-0.1, -0.05) is 0 Å². The average molecular weight is 602 g/mol. The van der Waals surface area contributed by atoms with E-state index >= 15 is 0 Å². The van der Waals surface area contributed by atoms with Gasteiger partial charge in [0.1, 0.15) is 0 Å². The molecule has 3 aromatic carbocycles. The molecule has 0 amide bonds. The normalized spacial score (nSPS) is 11.0. The number of benzene rings is 3. The Labute approximate surface area is 212 Å². The zero-order valence-corrected chi connectivity index (χ0v) is 20.2. The van der Waals surface area contributed by atoms with Gasteiger partial charge in [0.15, 0.2) is 87.3 Å². The highest BCUT2D eigenvalue weighted by atomic mass is 27.2. The van der Waals surface area contributed by atoms with E-state index in [4.69, 9.17) is 4.74 Å². The first-order chi connectivity index (χ1) is 18.1. The number of rotatable bonds is 5. The molecule has 17 heteroatoms. The highest BCUT2D eigenvalue weighted by Crippen LogP contribution is 2.23. The third kappa shape index (κ3) is 5.57. The molecule has 0 spiro atoms. The summed E-state index contributed by atoms with van der Waals surface area (Å²) in [5, 5.41) is 0. The number of ether oxygens (including phenoxy) is 1. The smallest absolute Gasteiger partial charge is 0.382 e. The van der Waals surface area contributed by atoms with Crippen LogP contribution in [0.15, 0.2) is 0 Å². The minimum absolute atomic E-state index is 0.844. The van der Waals surface area contributed by atoms with Crippen molar-refractivity contribution in [2.75, 3.05) is 13.2 Å². The van der Waals surface area contributed by atoms with E-state index in [9.17, 15) is 65.9 Å². The topological polar surface area (TPSA) is 9.23 Å². The Morgan fingerprint density at radius 1 is 0.333 bits per heavy atom. The maximum Gasteiger partial charge on any atom is 0.413 e. The van der Waals surface area contributed by atoms with Crippen molar-refractivity contribution in [1.29, 1.82) is 0 Å². The molecule has 3 aromatic rings. The van der Waals surface area contributed by atoms with E-state index in [0.29, 0.717) is 0 Å². The molecule has 0 aromatic heterocycles. The fourth-order valence-corrected chi connectivity index (χ4v) is 6.41. The molecule has 0 radical (unpaired) electrons. The molecule has 0 fully saturated rings. The molecule has 0 bridgehead atoms. The minimum Gasteiger partial charge on any atom is -0.382 e. The van der Waals surface area contributed by atoms with E-state index in [1.165, 1.54) is 0 Å². The second-order valence-electron chi connectivity index (χ2n) is 7.17. The van der Waals surface area contributed by atoms with Crippen LogP contribution in [0.1, 0.15) is 13.8 Å². The van der Waals surface area contributed by atoms with Gasteiger partial charge >= 0.3 is 14.1 Å². The molecule has 212 valence electrons. The monoisotopic (exact) mass is 602 g/mol. The molecule has 0 aliphatic carbocycles. The van der Waals surface area contributed by atoms with Crippen LogP contribution in [0.5, 0.6) is 0 Å². The van der Waals surface area contributed by atoms with Crippen molar-refractivity contribution in [2.24, 2.45) is 0 Å². The molecule has 3 rings (SSSR count). The van der Waals surface area contributed by atoms with Crippen molar-refractivity contribution in [1.82, 2.24) is 0 Å². The molecular weight excluding hydrogens is 592 g/mol. The molecule has 1 nitrogen and oxygen atoms in total. The summed E-state index contributed by atoms with van der Waals surface area (Å²) in [6, 6.07) is 0. The van der Waals surface area contributed by atoms with Crippen LogP contribution in [0.2, 0.25) is 0 Å². The van der Waals surface area contributed by atoms with E-state index < -0.39 is 115 Å². The van der Waals surface area contributed by atoms with Crippen molar-refractivity contribution in [3.8, 4) is 0 Å². The Hall–Kier alpha value is -2.90. The quantitative estimate of drug-likeness (QED) is 0.166. The predicted molar refractivity (Wildman–Crippen MR) is 106 cm³/mol. The maximum absolute atomic E-state index is 14.4. The lowest BCUT2D eigenvalue weighted by atomic mass is 10.3. The van der Waals surface area contributed by atoms with Gasteiger partial charge in [0.05, 0.1) is 0 Å². The Bertz CT molecular complexity index is 1170. The molecule has 0 N–H and O–H groups in total. The van der Waals surface area contributed by atoms with Gasteiger partial charge < -0.3 is 4.74 Å². The lowest BCUT2D eigenvalue weighted by Gasteiger charge is -2.20. The molecular formula is C22H10AlF15O. The summed E-state index contributed by atoms with van der Waals surface area (Å²) in [5.74, 6) is -44.6. The standard InChI is InChI=1S/3C6F5.C4H10O.Al/c3*7-2-1-3(8)5(10)6(11)4(2)9;1-3-5-4-2;/h;;;3-4H2,1-2H3;. The van der Waals surface area contributed by atoms with E-state index in [1.54, 1.807) is 0 Å². The third-order valence-electron chi connectivity index (χ3n) is 5.01. The molecule has 0 unspecified atom stereocenters. The van der Waals surface area contributed by atoms with Crippen molar-refractivity contribution in [2.45, 2.75) is 13.8 Å². The zero-order chi connectivity index (χ0) is 30.1. The zero-order valence-electron chi connectivity index (χ0n) is 19.1. The summed E-state index contributed by atoms with van der Waals surface area (Å²) >= 11 is -5.96. The second kappa shape index (κ2) is 12.5. The summed E-state index contributed by atoms with van der Waals surface area (Å²) in [4.78, 5) is 0. The fourth-order valence-electron chi connectivity index (χ4n) is 3.26. The van der Waals surface area contributed by atoms with E-state index in [-0.39, 0.29) is 0 Å². The lowest BCUT2D eigenvalue weighted by molar-refractivity contribution is 0.162. The minimum atomic E-state index is -5.96. The molecule has 0 aliphatic rings. The van der Waals surface area contributed by atoms with Crippen LogP contribution < -0.4 is 13.3 Å². The molecule has 0 saturated carbocycles. The number of halogens is 15. The summed E-state index contributed by atoms with van der Waals surface area (Å²) in [6.07, 6.45) is 0. The fraction of sp³-hybridized carbons (Fsp3) is 0.182. The van der Waals surface area contributed by atoms with Gasteiger partial charge in [0, 0.05) is 13.2 Å². The van der Waals surface area contributed by atoms with E-state index in [1.807, 2.05) is 13.8 Å². The van der Waals surface area contributed by atoms with E-state index in [0.717, 1.165) is 13.2 Å². The van der Waals surface area contributed by atoms with Gasteiger partial charge in [-0.15, -0.1) is 0 Å². The van der Waals surface area contributed by atoms with E-state index in [2.05, 4.69) is 0 Å². The highest BCUT2D eigenvalue weighted by Gasteiger charge is 2.47. The van der Waals surface area contributed by atoms with Crippen LogP contribution >= 0.6 is 0 Å². The Morgan fingerprint density at radius 3 is 0.615 bits per heavy atom. The van der Waals surface area contributed by atoms with Crippen molar-refractivity contribution >= 4 is 27.4 Å². The van der Waals surface area contributed by atoms with Crippen LogP contribution in [0, 0.1) is 87.3 Å². The van der Waals surface area contributed by atoms with Crippen LogP contribution in [0.4, 0.5) is 65.9 Å². The summed E-state index contributed by atoms with van der Waals surface area (Å²) in [7, 11) is 0. The molecule has 0 saturated heterocycles. The maximum atomic E-state index is 14.4. The summed E-state index contributed by atoms with van der Waals surface area (Å²) < 4.78 is 206. The van der Waals surface area contributed by atoms with Gasteiger partial charge in [-0.2, -0.15) is 0 Å². The first kappa shape index (κ1) is 32.3. The lowest BCUT2D eigenvalue weighted by Crippen LogP contribution is -2.60. The van der Waals surface area contributed by atoms with Crippen LogP contribution in [-0.4, -0.2) is 27.4 Å². The predicted octanol–water partition coefficient (Wildman–Crippen LogP) is 5.33. The highest BCUT2D eigenvalue weighted by molar-refractivity contribution is 6.95. The second-order valence-corrected chi connectivity index (χ2v) is 9.76. The largest absolute Gasteiger partial charge is 0.413 e.